The zero-order valence-corrected chi connectivity index (χ0v) is 15.9. The van der Waals surface area contributed by atoms with Crippen LogP contribution in [-0.2, 0) is 14.3 Å². The van der Waals surface area contributed by atoms with E-state index >= 15 is 0 Å². The normalized spacial score (nSPS) is 47.3. The van der Waals surface area contributed by atoms with Crippen LogP contribution in [0.15, 0.2) is 0 Å². The number of thioether (sulfide) groups is 1. The van der Waals surface area contributed by atoms with Crippen molar-refractivity contribution in [1.29, 1.82) is 0 Å². The lowest BCUT2D eigenvalue weighted by molar-refractivity contribution is -0.187. The van der Waals surface area contributed by atoms with Crippen molar-refractivity contribution in [3.63, 3.8) is 0 Å². The summed E-state index contributed by atoms with van der Waals surface area (Å²) in [5.41, 5.74) is -0.526. The van der Waals surface area contributed by atoms with Crippen LogP contribution in [0.5, 0.6) is 0 Å². The van der Waals surface area contributed by atoms with Gasteiger partial charge in [-0.2, -0.15) is 0 Å². The van der Waals surface area contributed by atoms with E-state index in [9.17, 15) is 15.0 Å². The van der Waals surface area contributed by atoms with Gasteiger partial charge in [-0.25, -0.2) is 0 Å². The van der Waals surface area contributed by atoms with Crippen LogP contribution in [-0.4, -0.2) is 77.0 Å². The van der Waals surface area contributed by atoms with Crippen molar-refractivity contribution in [2.45, 2.75) is 81.1 Å². The number of rotatable bonds is 4. The highest BCUT2D eigenvalue weighted by molar-refractivity contribution is 7.99. The first-order valence-corrected chi connectivity index (χ1v) is 10.5. The van der Waals surface area contributed by atoms with Crippen LogP contribution >= 0.6 is 11.8 Å². The highest BCUT2D eigenvalue weighted by Gasteiger charge is 2.54. The smallest absolute Gasteiger partial charge is 0.237 e. The summed E-state index contributed by atoms with van der Waals surface area (Å²) in [7, 11) is 0. The van der Waals surface area contributed by atoms with Crippen LogP contribution in [0.25, 0.3) is 0 Å². The van der Waals surface area contributed by atoms with Gasteiger partial charge in [0.15, 0.2) is 0 Å². The average molecular weight is 375 g/mol. The second kappa shape index (κ2) is 8.10. The Morgan fingerprint density at radius 3 is 2.72 bits per heavy atom. The maximum absolute atomic E-state index is 12.7. The molecule has 0 aliphatic carbocycles. The maximum atomic E-state index is 12.7. The summed E-state index contributed by atoms with van der Waals surface area (Å²) in [4.78, 5) is 12.7. The Morgan fingerprint density at radius 1 is 1.28 bits per heavy atom. The Bertz CT molecular complexity index is 482. The molecule has 0 aromatic rings. The van der Waals surface area contributed by atoms with Crippen molar-refractivity contribution in [2.75, 3.05) is 12.8 Å². The first kappa shape index (κ1) is 19.4. The molecule has 3 fully saturated rings. The maximum Gasteiger partial charge on any atom is 0.237 e. The lowest BCUT2D eigenvalue weighted by Crippen LogP contribution is -2.61. The molecule has 9 unspecified atom stereocenters. The van der Waals surface area contributed by atoms with Crippen molar-refractivity contribution in [3.05, 3.63) is 0 Å². The van der Waals surface area contributed by atoms with Gasteiger partial charge in [-0.1, -0.05) is 13.3 Å². The van der Waals surface area contributed by atoms with Crippen molar-refractivity contribution >= 4 is 17.7 Å². The molecule has 3 saturated heterocycles. The monoisotopic (exact) mass is 374 g/mol. The molecule has 3 rings (SSSR count). The van der Waals surface area contributed by atoms with Gasteiger partial charge in [-0.05, 0) is 38.5 Å². The number of aliphatic hydroxyl groups is 2. The molecule has 7 nitrogen and oxygen atoms in total. The predicted octanol–water partition coefficient (Wildman–Crippen LogP) is -0.154. The molecule has 3 aliphatic rings. The van der Waals surface area contributed by atoms with E-state index in [2.05, 4.69) is 17.6 Å². The Labute approximate surface area is 153 Å². The lowest BCUT2D eigenvalue weighted by atomic mass is 9.89. The Balaban J connectivity index is 1.66. The van der Waals surface area contributed by atoms with E-state index in [1.54, 1.807) is 0 Å². The molecule has 0 saturated carbocycles. The number of carbonyl (C=O) groups excluding carboxylic acids is 1. The summed E-state index contributed by atoms with van der Waals surface area (Å²) < 4.78 is 11.8. The van der Waals surface area contributed by atoms with Crippen LogP contribution in [0, 0.1) is 5.92 Å². The first-order chi connectivity index (χ1) is 12.0. The van der Waals surface area contributed by atoms with Crippen molar-refractivity contribution in [1.82, 2.24) is 10.6 Å². The minimum atomic E-state index is -1.02. The fourth-order valence-electron chi connectivity index (χ4n) is 4.14. The topological polar surface area (TPSA) is 100 Å². The molecule has 8 heteroatoms. The Hall–Kier alpha value is -0.380. The van der Waals surface area contributed by atoms with Crippen LogP contribution in [0.3, 0.4) is 0 Å². The summed E-state index contributed by atoms with van der Waals surface area (Å²) in [6.45, 7) is 4.88. The third-order valence-electron chi connectivity index (χ3n) is 5.76. The molecule has 3 aliphatic heterocycles. The summed E-state index contributed by atoms with van der Waals surface area (Å²) >= 11 is 1.35. The van der Waals surface area contributed by atoms with E-state index < -0.39 is 29.9 Å². The van der Waals surface area contributed by atoms with Gasteiger partial charge in [0, 0.05) is 0 Å². The zero-order chi connectivity index (χ0) is 18.1. The molecular weight excluding hydrogens is 344 g/mol. The standard InChI is InChI=1S/C17H30N2O5S/c1-4-9-5-6-18-10(7-9)16(22)19-11-8(2)23-15-12(20)13(21)17(25-3)24-14(11)15/h8-15,17-18,20-21H,4-7H2,1-3H3,(H,19,22). The van der Waals surface area contributed by atoms with Gasteiger partial charge in [0.05, 0.1) is 18.2 Å². The van der Waals surface area contributed by atoms with Crippen LogP contribution in [0.2, 0.25) is 0 Å². The van der Waals surface area contributed by atoms with Gasteiger partial charge in [-0.3, -0.25) is 4.79 Å². The number of hydrogen-bond donors (Lipinski definition) is 4. The largest absolute Gasteiger partial charge is 0.387 e. The van der Waals surface area contributed by atoms with Crippen molar-refractivity contribution < 1.29 is 24.5 Å². The fraction of sp³-hybridized carbons (Fsp3) is 0.941. The summed E-state index contributed by atoms with van der Waals surface area (Å²) in [5, 5.41) is 26.8. The number of nitrogens with one attached hydrogen (secondary N) is 2. The number of carbonyl (C=O) groups is 1. The van der Waals surface area contributed by atoms with E-state index in [-0.39, 0.29) is 24.1 Å². The number of hydrogen-bond acceptors (Lipinski definition) is 7. The second-order valence-electron chi connectivity index (χ2n) is 7.33. The fourth-order valence-corrected chi connectivity index (χ4v) is 4.81. The van der Waals surface area contributed by atoms with E-state index in [0.717, 1.165) is 25.8 Å². The molecule has 0 aromatic heterocycles. The molecule has 0 spiro atoms. The molecular formula is C17H30N2O5S. The van der Waals surface area contributed by atoms with E-state index in [0.29, 0.717) is 5.92 Å². The van der Waals surface area contributed by atoms with Crippen molar-refractivity contribution in [2.24, 2.45) is 5.92 Å². The second-order valence-corrected chi connectivity index (χ2v) is 8.27. The van der Waals surface area contributed by atoms with Crippen LogP contribution < -0.4 is 10.6 Å². The van der Waals surface area contributed by atoms with Crippen LogP contribution in [0.1, 0.15) is 33.1 Å². The van der Waals surface area contributed by atoms with Gasteiger partial charge in [0.25, 0.3) is 0 Å². The summed E-state index contributed by atoms with van der Waals surface area (Å²) in [6, 6.07) is -0.529. The van der Waals surface area contributed by atoms with Crippen LogP contribution in [0.4, 0.5) is 0 Å². The lowest BCUT2D eigenvalue weighted by Gasteiger charge is -2.40. The molecule has 0 radical (unpaired) electrons. The Morgan fingerprint density at radius 2 is 2.04 bits per heavy atom. The van der Waals surface area contributed by atoms with Gasteiger partial charge < -0.3 is 30.3 Å². The third kappa shape index (κ3) is 3.84. The molecule has 9 atom stereocenters. The molecule has 1 amide bonds. The van der Waals surface area contributed by atoms with Gasteiger partial charge in [0.1, 0.15) is 29.9 Å². The van der Waals surface area contributed by atoms with E-state index in [4.69, 9.17) is 9.47 Å². The summed E-state index contributed by atoms with van der Waals surface area (Å²) in [5.74, 6) is 0.537. The molecule has 144 valence electrons. The first-order valence-electron chi connectivity index (χ1n) is 9.19. The number of amides is 1. The molecule has 25 heavy (non-hydrogen) atoms. The minimum absolute atomic E-state index is 0.0378. The quantitative estimate of drug-likeness (QED) is 0.543. The molecule has 0 bridgehead atoms. The predicted molar refractivity (Wildman–Crippen MR) is 95.3 cm³/mol. The number of fused-ring (bicyclic) bond motifs is 1. The highest BCUT2D eigenvalue weighted by atomic mass is 32.2. The molecule has 4 N–H and O–H groups in total. The highest BCUT2D eigenvalue weighted by Crippen LogP contribution is 2.36. The summed E-state index contributed by atoms with van der Waals surface area (Å²) in [6.07, 6.45) is 1.48. The minimum Gasteiger partial charge on any atom is -0.387 e. The number of ether oxygens (including phenoxy) is 2. The van der Waals surface area contributed by atoms with E-state index in [1.807, 2.05) is 13.2 Å². The number of aliphatic hydroxyl groups excluding tert-OH is 2. The molecule has 0 aromatic carbocycles. The van der Waals surface area contributed by atoms with Gasteiger partial charge in [0.2, 0.25) is 5.91 Å². The van der Waals surface area contributed by atoms with Crippen molar-refractivity contribution in [3.8, 4) is 0 Å². The zero-order valence-electron chi connectivity index (χ0n) is 15.1. The Kier molecular flexibility index (Phi) is 6.28. The van der Waals surface area contributed by atoms with Gasteiger partial charge in [-0.15, -0.1) is 11.8 Å². The van der Waals surface area contributed by atoms with Gasteiger partial charge >= 0.3 is 0 Å². The van der Waals surface area contributed by atoms with E-state index in [1.165, 1.54) is 11.8 Å². The SMILES string of the molecule is CCC1CCNC(C(=O)NC2C(C)OC3C(O)C(O)C(SC)OC23)C1. The third-order valence-corrected chi connectivity index (χ3v) is 6.61. The molecule has 3 heterocycles. The average Bonchev–Trinajstić information content (AvgIpc) is 2.94. The number of piperidine rings is 1.